The summed E-state index contributed by atoms with van der Waals surface area (Å²) in [5.41, 5.74) is 14.9. The Labute approximate surface area is 296 Å². The third kappa shape index (κ3) is 4.61. The Hall–Kier alpha value is -6.78. The molecule has 0 atom stereocenters. The van der Waals surface area contributed by atoms with Crippen LogP contribution in [0.2, 0.25) is 0 Å². The number of aromatic nitrogens is 4. The van der Waals surface area contributed by atoms with Crippen molar-refractivity contribution < 1.29 is 0 Å². The molecular weight excluding hydrogens is 621 g/mol. The number of fused-ring (bicyclic) bond motifs is 9. The smallest absolute Gasteiger partial charge is 0.160 e. The summed E-state index contributed by atoms with van der Waals surface area (Å²) in [5.74, 6) is 1.34. The summed E-state index contributed by atoms with van der Waals surface area (Å²) in [6.45, 7) is 0. The monoisotopic (exact) mass is 650 g/mol. The van der Waals surface area contributed by atoms with Gasteiger partial charge in [-0.05, 0) is 56.6 Å². The maximum Gasteiger partial charge on any atom is 0.160 e. The molecule has 0 radical (unpaired) electrons. The number of hydrogen-bond acceptors (Lipinski definition) is 4. The first-order chi connectivity index (χ1) is 25.3. The first kappa shape index (κ1) is 29.2. The highest BCUT2D eigenvalue weighted by molar-refractivity contribution is 5.92. The lowest BCUT2D eigenvalue weighted by atomic mass is 9.66. The van der Waals surface area contributed by atoms with Crippen molar-refractivity contribution >= 4 is 12.2 Å². The van der Waals surface area contributed by atoms with Gasteiger partial charge in [-0.1, -0.05) is 158 Å². The number of nitrogens with zero attached hydrogens (tertiary/aromatic N) is 4. The van der Waals surface area contributed by atoms with E-state index in [4.69, 9.17) is 19.9 Å². The summed E-state index contributed by atoms with van der Waals surface area (Å²) < 4.78 is 0. The van der Waals surface area contributed by atoms with Crippen molar-refractivity contribution in [3.8, 4) is 56.4 Å². The Bertz CT molecular complexity index is 2580. The first-order valence-corrected chi connectivity index (χ1v) is 17.2. The van der Waals surface area contributed by atoms with Gasteiger partial charge in [0.1, 0.15) is 0 Å². The van der Waals surface area contributed by atoms with Crippen LogP contribution in [0.4, 0.5) is 0 Å². The van der Waals surface area contributed by atoms with Gasteiger partial charge < -0.3 is 0 Å². The van der Waals surface area contributed by atoms with Gasteiger partial charge in [0.15, 0.2) is 11.6 Å². The molecule has 2 aliphatic rings. The van der Waals surface area contributed by atoms with Crippen LogP contribution in [-0.2, 0) is 5.41 Å². The normalized spacial score (nSPS) is 13.2. The van der Waals surface area contributed by atoms with Crippen LogP contribution in [-0.4, -0.2) is 19.9 Å². The zero-order valence-electron chi connectivity index (χ0n) is 27.6. The minimum Gasteiger partial charge on any atom is -0.236 e. The van der Waals surface area contributed by atoms with Crippen molar-refractivity contribution in [2.75, 3.05) is 0 Å². The lowest BCUT2D eigenvalue weighted by Gasteiger charge is -2.35. The van der Waals surface area contributed by atoms with Crippen LogP contribution in [0.1, 0.15) is 33.4 Å². The molecule has 1 spiro atoms. The van der Waals surface area contributed by atoms with Gasteiger partial charge in [0.2, 0.25) is 0 Å². The van der Waals surface area contributed by atoms with Gasteiger partial charge in [0, 0.05) is 34.6 Å². The van der Waals surface area contributed by atoms with Gasteiger partial charge in [-0.25, -0.2) is 19.9 Å². The molecule has 0 bridgehead atoms. The van der Waals surface area contributed by atoms with Crippen LogP contribution in [0.5, 0.6) is 0 Å². The fraction of sp³-hybridized carbons (Fsp3) is 0.0213. The summed E-state index contributed by atoms with van der Waals surface area (Å²) in [5, 5.41) is 0. The molecule has 0 fully saturated rings. The molecule has 0 N–H and O–H groups in total. The highest BCUT2D eigenvalue weighted by Crippen LogP contribution is 2.59. The van der Waals surface area contributed by atoms with Crippen LogP contribution in [0.25, 0.3) is 68.6 Å². The first-order valence-electron chi connectivity index (χ1n) is 17.2. The van der Waals surface area contributed by atoms with E-state index in [9.17, 15) is 0 Å². The van der Waals surface area contributed by atoms with Gasteiger partial charge in [0.05, 0.1) is 16.8 Å². The Balaban J connectivity index is 1.20. The Morgan fingerprint density at radius 1 is 0.353 bits per heavy atom. The van der Waals surface area contributed by atoms with Crippen LogP contribution in [0.3, 0.4) is 0 Å². The molecule has 0 amide bonds. The van der Waals surface area contributed by atoms with Crippen LogP contribution in [0, 0.1) is 0 Å². The highest BCUT2D eigenvalue weighted by Gasteiger charge is 2.48. The number of hydrogen-bond donors (Lipinski definition) is 0. The minimum absolute atomic E-state index is 0.516. The van der Waals surface area contributed by atoms with Gasteiger partial charge in [-0.2, -0.15) is 0 Å². The maximum absolute atomic E-state index is 5.22. The zero-order valence-corrected chi connectivity index (χ0v) is 27.6. The molecule has 4 nitrogen and oxygen atoms in total. The van der Waals surface area contributed by atoms with E-state index >= 15 is 0 Å². The molecule has 0 unspecified atom stereocenters. The van der Waals surface area contributed by atoms with E-state index in [2.05, 4.69) is 121 Å². The lowest BCUT2D eigenvalue weighted by Crippen LogP contribution is -2.30. The third-order valence-electron chi connectivity index (χ3n) is 10.3. The van der Waals surface area contributed by atoms with Crippen LogP contribution >= 0.6 is 0 Å². The van der Waals surface area contributed by atoms with E-state index in [1.165, 1.54) is 44.5 Å². The van der Waals surface area contributed by atoms with E-state index in [-0.39, 0.29) is 0 Å². The van der Waals surface area contributed by atoms with Gasteiger partial charge in [-0.15, -0.1) is 0 Å². The van der Waals surface area contributed by atoms with Gasteiger partial charge >= 0.3 is 0 Å². The Morgan fingerprint density at radius 3 is 1.51 bits per heavy atom. The van der Waals surface area contributed by atoms with Crippen molar-refractivity contribution in [3.05, 3.63) is 203 Å². The van der Waals surface area contributed by atoms with Crippen LogP contribution in [0.15, 0.2) is 170 Å². The van der Waals surface area contributed by atoms with Gasteiger partial charge in [0.25, 0.3) is 0 Å². The molecule has 238 valence electrons. The molecule has 6 aromatic carbocycles. The molecule has 2 aliphatic carbocycles. The number of rotatable bonds is 4. The second kappa shape index (κ2) is 11.7. The number of benzene rings is 6. The molecule has 4 heteroatoms. The van der Waals surface area contributed by atoms with Crippen LogP contribution < -0.4 is 0 Å². The van der Waals surface area contributed by atoms with Crippen molar-refractivity contribution in [2.24, 2.45) is 0 Å². The highest BCUT2D eigenvalue weighted by atomic mass is 14.9. The largest absolute Gasteiger partial charge is 0.236 e. The van der Waals surface area contributed by atoms with Gasteiger partial charge in [-0.3, -0.25) is 0 Å². The predicted octanol–water partition coefficient (Wildman–Crippen LogP) is 10.8. The SMILES string of the molecule is C1=Cc2ccccc2C2(c3ccccc31)c1ccccc1-c1ccc(-c3cc(-c4cnc(-c5ccccc5)nc4)nc(-c4ccccc4)n3)cc12. The summed E-state index contributed by atoms with van der Waals surface area (Å²) in [7, 11) is 0. The summed E-state index contributed by atoms with van der Waals surface area (Å²) >= 11 is 0. The third-order valence-corrected chi connectivity index (χ3v) is 10.3. The van der Waals surface area contributed by atoms with E-state index in [0.717, 1.165) is 33.6 Å². The maximum atomic E-state index is 5.22. The van der Waals surface area contributed by atoms with Crippen molar-refractivity contribution in [3.63, 3.8) is 0 Å². The molecular formula is C47H30N4. The molecule has 10 rings (SSSR count). The Morgan fingerprint density at radius 2 is 0.863 bits per heavy atom. The quantitative estimate of drug-likeness (QED) is 0.190. The molecule has 0 aliphatic heterocycles. The summed E-state index contributed by atoms with van der Waals surface area (Å²) in [6, 6.07) is 55.7. The summed E-state index contributed by atoms with van der Waals surface area (Å²) in [4.78, 5) is 19.7. The van der Waals surface area contributed by atoms with E-state index in [1.807, 2.05) is 60.9 Å². The Kier molecular flexibility index (Phi) is 6.68. The van der Waals surface area contributed by atoms with E-state index in [0.29, 0.717) is 11.6 Å². The predicted molar refractivity (Wildman–Crippen MR) is 206 cm³/mol. The second-order valence-corrected chi connectivity index (χ2v) is 13.1. The fourth-order valence-corrected chi connectivity index (χ4v) is 7.97. The van der Waals surface area contributed by atoms with E-state index in [1.54, 1.807) is 0 Å². The lowest BCUT2D eigenvalue weighted by molar-refractivity contribution is 0.766. The molecule has 2 heterocycles. The minimum atomic E-state index is -0.516. The molecule has 0 saturated carbocycles. The van der Waals surface area contributed by atoms with Crippen molar-refractivity contribution in [2.45, 2.75) is 5.41 Å². The zero-order chi connectivity index (χ0) is 33.8. The average molecular weight is 651 g/mol. The van der Waals surface area contributed by atoms with Crippen molar-refractivity contribution in [1.29, 1.82) is 0 Å². The standard InChI is InChI=1S/C47H30N4/c1-3-15-33(16-4-1)45-48-29-36(30-49-45)44-28-43(50-46(51-44)34-17-5-2-6-18-34)35-25-26-38-37-19-9-12-22-41(37)47(42(38)27-35)39-20-10-7-13-31(39)23-24-32-14-8-11-21-40(32)47/h1-30H. The molecule has 51 heavy (non-hydrogen) atoms. The fourth-order valence-electron chi connectivity index (χ4n) is 7.97. The molecule has 8 aromatic rings. The average Bonchev–Trinajstić information content (AvgIpc) is 3.41. The van der Waals surface area contributed by atoms with Crippen molar-refractivity contribution in [1.82, 2.24) is 19.9 Å². The molecule has 2 aromatic heterocycles. The second-order valence-electron chi connectivity index (χ2n) is 13.1. The topological polar surface area (TPSA) is 51.6 Å². The van der Waals surface area contributed by atoms with E-state index < -0.39 is 5.41 Å². The molecule has 0 saturated heterocycles. The summed E-state index contributed by atoms with van der Waals surface area (Å²) in [6.07, 6.45) is 8.25.